The van der Waals surface area contributed by atoms with Gasteiger partial charge >= 0.3 is 0 Å². The zero-order valence-electron chi connectivity index (χ0n) is 8.97. The van der Waals surface area contributed by atoms with E-state index in [0.717, 1.165) is 18.8 Å². The Kier molecular flexibility index (Phi) is 2.68. The van der Waals surface area contributed by atoms with Crippen LogP contribution >= 0.6 is 0 Å². The largest absolute Gasteiger partial charge is 0.334 e. The van der Waals surface area contributed by atoms with Gasteiger partial charge in [-0.2, -0.15) is 0 Å². The first-order valence-corrected chi connectivity index (χ1v) is 5.01. The molecule has 6 heteroatoms. The van der Waals surface area contributed by atoms with Gasteiger partial charge in [-0.15, -0.1) is 10.2 Å². The summed E-state index contributed by atoms with van der Waals surface area (Å²) in [5.74, 6) is 0.973. The van der Waals surface area contributed by atoms with Crippen LogP contribution in [0.2, 0.25) is 0 Å². The minimum Gasteiger partial charge on any atom is -0.334 e. The van der Waals surface area contributed by atoms with E-state index in [9.17, 15) is 4.79 Å². The number of amides is 1. The number of rotatable bonds is 3. The molecule has 0 aliphatic carbocycles. The van der Waals surface area contributed by atoms with Gasteiger partial charge in [-0.05, 0) is 13.5 Å². The lowest BCUT2D eigenvalue weighted by Crippen LogP contribution is -2.36. The van der Waals surface area contributed by atoms with Crippen molar-refractivity contribution in [3.05, 3.63) is 12.2 Å². The van der Waals surface area contributed by atoms with Gasteiger partial charge in [-0.3, -0.25) is 4.79 Å². The predicted octanol–water partition coefficient (Wildman–Crippen LogP) is -0.865. The third-order valence-electron chi connectivity index (χ3n) is 2.78. The van der Waals surface area contributed by atoms with Crippen molar-refractivity contribution in [2.24, 2.45) is 7.05 Å². The summed E-state index contributed by atoms with van der Waals surface area (Å²) >= 11 is 0. The van der Waals surface area contributed by atoms with Gasteiger partial charge in [0.05, 0.1) is 12.6 Å². The van der Waals surface area contributed by atoms with E-state index in [1.165, 1.54) is 0 Å². The SMILES string of the molecule is CNC1CCN(Cc2nncn2C)C1=O. The lowest BCUT2D eigenvalue weighted by Gasteiger charge is -2.15. The van der Waals surface area contributed by atoms with E-state index in [2.05, 4.69) is 15.5 Å². The molecule has 1 unspecified atom stereocenters. The first-order valence-electron chi connectivity index (χ1n) is 5.01. The van der Waals surface area contributed by atoms with Crippen LogP contribution in [0.15, 0.2) is 6.33 Å². The molecular formula is C9H15N5O. The van der Waals surface area contributed by atoms with Crippen LogP contribution < -0.4 is 5.32 Å². The first kappa shape index (κ1) is 10.1. The molecule has 2 heterocycles. The van der Waals surface area contributed by atoms with Crippen LogP contribution in [0.25, 0.3) is 0 Å². The van der Waals surface area contributed by atoms with Gasteiger partial charge in [0, 0.05) is 13.6 Å². The quantitative estimate of drug-likeness (QED) is 0.703. The van der Waals surface area contributed by atoms with Gasteiger partial charge in [0.15, 0.2) is 5.82 Å². The third kappa shape index (κ3) is 1.85. The fourth-order valence-corrected chi connectivity index (χ4v) is 1.78. The molecule has 0 radical (unpaired) electrons. The van der Waals surface area contributed by atoms with Gasteiger partial charge in [0.2, 0.25) is 5.91 Å². The van der Waals surface area contributed by atoms with Crippen molar-refractivity contribution in [3.63, 3.8) is 0 Å². The van der Waals surface area contributed by atoms with Crippen LogP contribution in [0.5, 0.6) is 0 Å². The number of likely N-dealkylation sites (tertiary alicyclic amines) is 1. The van der Waals surface area contributed by atoms with E-state index in [-0.39, 0.29) is 11.9 Å². The van der Waals surface area contributed by atoms with Gasteiger partial charge < -0.3 is 14.8 Å². The number of aromatic nitrogens is 3. The number of carbonyl (C=O) groups is 1. The molecule has 6 nitrogen and oxygen atoms in total. The van der Waals surface area contributed by atoms with Crippen molar-refractivity contribution in [2.45, 2.75) is 19.0 Å². The summed E-state index contributed by atoms with van der Waals surface area (Å²) in [7, 11) is 3.69. The van der Waals surface area contributed by atoms with Crippen molar-refractivity contribution in [2.75, 3.05) is 13.6 Å². The van der Waals surface area contributed by atoms with Crippen molar-refractivity contribution in [1.82, 2.24) is 25.0 Å². The Bertz CT molecular complexity index is 361. The summed E-state index contributed by atoms with van der Waals surface area (Å²) in [6.45, 7) is 1.34. The Morgan fingerprint density at radius 2 is 2.47 bits per heavy atom. The lowest BCUT2D eigenvalue weighted by atomic mass is 10.3. The molecule has 1 fully saturated rings. The van der Waals surface area contributed by atoms with Crippen LogP contribution in [0, 0.1) is 0 Å². The summed E-state index contributed by atoms with van der Waals surface area (Å²) < 4.78 is 1.83. The minimum absolute atomic E-state index is 0.0294. The van der Waals surface area contributed by atoms with Gasteiger partial charge in [-0.25, -0.2) is 0 Å². The predicted molar refractivity (Wildman–Crippen MR) is 53.9 cm³/mol. The maximum absolute atomic E-state index is 11.8. The Hall–Kier alpha value is -1.43. The van der Waals surface area contributed by atoms with E-state index >= 15 is 0 Å². The van der Waals surface area contributed by atoms with Crippen LogP contribution in [0.1, 0.15) is 12.2 Å². The highest BCUT2D eigenvalue weighted by atomic mass is 16.2. The highest BCUT2D eigenvalue weighted by Gasteiger charge is 2.30. The van der Waals surface area contributed by atoms with Gasteiger partial charge in [0.1, 0.15) is 6.33 Å². The molecule has 0 spiro atoms. The van der Waals surface area contributed by atoms with Crippen molar-refractivity contribution < 1.29 is 4.79 Å². The number of likely N-dealkylation sites (N-methyl/N-ethyl adjacent to an activating group) is 1. The Morgan fingerprint density at radius 3 is 3.00 bits per heavy atom. The number of hydrogen-bond acceptors (Lipinski definition) is 4. The molecule has 0 saturated carbocycles. The molecule has 1 saturated heterocycles. The van der Waals surface area contributed by atoms with Crippen LogP contribution in [0.3, 0.4) is 0 Å². The normalized spacial score (nSPS) is 21.3. The number of aryl methyl sites for hydroxylation is 1. The fourth-order valence-electron chi connectivity index (χ4n) is 1.78. The van der Waals surface area contributed by atoms with Gasteiger partial charge in [0.25, 0.3) is 0 Å². The summed E-state index contributed by atoms with van der Waals surface area (Å²) in [6, 6.07) is -0.0294. The first-order chi connectivity index (χ1) is 7.22. The number of hydrogen-bond donors (Lipinski definition) is 1. The lowest BCUT2D eigenvalue weighted by molar-refractivity contribution is -0.129. The molecule has 82 valence electrons. The molecule has 1 aliphatic heterocycles. The number of carbonyl (C=O) groups excluding carboxylic acids is 1. The van der Waals surface area contributed by atoms with Crippen molar-refractivity contribution >= 4 is 5.91 Å². The van der Waals surface area contributed by atoms with E-state index < -0.39 is 0 Å². The van der Waals surface area contributed by atoms with Crippen LogP contribution in [-0.4, -0.2) is 45.2 Å². The second-order valence-corrected chi connectivity index (χ2v) is 3.75. The molecule has 1 atom stereocenters. The van der Waals surface area contributed by atoms with E-state index in [1.54, 1.807) is 6.33 Å². The summed E-state index contributed by atoms with van der Waals surface area (Å²) in [5, 5.41) is 10.8. The highest BCUT2D eigenvalue weighted by Crippen LogP contribution is 2.13. The molecule has 2 rings (SSSR count). The average molecular weight is 209 g/mol. The summed E-state index contributed by atoms with van der Waals surface area (Å²) in [6.07, 6.45) is 2.51. The second-order valence-electron chi connectivity index (χ2n) is 3.75. The Balaban J connectivity index is 2.03. The smallest absolute Gasteiger partial charge is 0.240 e. The average Bonchev–Trinajstić information content (AvgIpc) is 2.77. The van der Waals surface area contributed by atoms with E-state index in [4.69, 9.17) is 0 Å². The Labute approximate surface area is 88.3 Å². The molecule has 1 aromatic heterocycles. The molecular weight excluding hydrogens is 194 g/mol. The van der Waals surface area contributed by atoms with Crippen LogP contribution in [-0.2, 0) is 18.4 Å². The molecule has 1 amide bonds. The summed E-state index contributed by atoms with van der Waals surface area (Å²) in [5.41, 5.74) is 0. The fraction of sp³-hybridized carbons (Fsp3) is 0.667. The zero-order chi connectivity index (χ0) is 10.8. The number of nitrogens with zero attached hydrogens (tertiary/aromatic N) is 4. The molecule has 0 bridgehead atoms. The minimum atomic E-state index is -0.0294. The van der Waals surface area contributed by atoms with E-state index in [0.29, 0.717) is 6.54 Å². The van der Waals surface area contributed by atoms with Gasteiger partial charge in [-0.1, -0.05) is 0 Å². The monoisotopic (exact) mass is 209 g/mol. The zero-order valence-corrected chi connectivity index (χ0v) is 8.97. The van der Waals surface area contributed by atoms with Crippen molar-refractivity contribution in [3.8, 4) is 0 Å². The maximum Gasteiger partial charge on any atom is 0.240 e. The highest BCUT2D eigenvalue weighted by molar-refractivity contribution is 5.83. The van der Waals surface area contributed by atoms with Crippen LogP contribution in [0.4, 0.5) is 0 Å². The molecule has 15 heavy (non-hydrogen) atoms. The molecule has 1 aromatic rings. The summed E-state index contributed by atoms with van der Waals surface area (Å²) in [4.78, 5) is 13.6. The van der Waals surface area contributed by atoms with Crippen molar-refractivity contribution in [1.29, 1.82) is 0 Å². The topological polar surface area (TPSA) is 63.0 Å². The second kappa shape index (κ2) is 3.98. The molecule has 0 aromatic carbocycles. The molecule has 1 aliphatic rings. The third-order valence-corrected chi connectivity index (χ3v) is 2.78. The maximum atomic E-state index is 11.8. The number of nitrogens with one attached hydrogen (secondary N) is 1. The van der Waals surface area contributed by atoms with E-state index in [1.807, 2.05) is 23.6 Å². The molecule has 1 N–H and O–H groups in total. The standard InChI is InChI=1S/C9H15N5O/c1-10-7-3-4-14(9(7)15)5-8-12-11-6-13(8)2/h6-7,10H,3-5H2,1-2H3. The Morgan fingerprint density at radius 1 is 1.67 bits per heavy atom.